The van der Waals surface area contributed by atoms with Crippen molar-refractivity contribution in [1.29, 1.82) is 0 Å². The number of H-pyrrole nitrogens is 1. The van der Waals surface area contributed by atoms with Crippen molar-refractivity contribution in [2.24, 2.45) is 7.05 Å². The van der Waals surface area contributed by atoms with Gasteiger partial charge in [0.2, 0.25) is 0 Å². The Morgan fingerprint density at radius 2 is 2.03 bits per heavy atom. The second kappa shape index (κ2) is 8.78. The molecule has 4 rings (SSSR count). The van der Waals surface area contributed by atoms with E-state index in [0.717, 1.165) is 35.6 Å². The van der Waals surface area contributed by atoms with Gasteiger partial charge in [0.25, 0.3) is 11.5 Å². The third-order valence-corrected chi connectivity index (χ3v) is 6.22. The van der Waals surface area contributed by atoms with E-state index in [9.17, 15) is 18.8 Å². The minimum Gasteiger partial charge on any atom is -0.367 e. The molecule has 174 valence electrons. The van der Waals surface area contributed by atoms with Crippen LogP contribution >= 0.6 is 0 Å². The smallest absolute Gasteiger partial charge is 0.328 e. The van der Waals surface area contributed by atoms with Gasteiger partial charge in [0.15, 0.2) is 0 Å². The van der Waals surface area contributed by atoms with Crippen LogP contribution in [-0.2, 0) is 13.6 Å². The summed E-state index contributed by atoms with van der Waals surface area (Å²) in [5.74, 6) is -0.854. The Morgan fingerprint density at radius 3 is 2.70 bits per heavy atom. The number of benzene rings is 1. The molecule has 33 heavy (non-hydrogen) atoms. The molecule has 0 spiro atoms. The molecular formula is C23H27FN6O3. The third kappa shape index (κ3) is 4.25. The molecule has 0 aliphatic carbocycles. The summed E-state index contributed by atoms with van der Waals surface area (Å²) in [4.78, 5) is 47.5. The van der Waals surface area contributed by atoms with E-state index in [1.807, 2.05) is 13.0 Å². The molecule has 1 aromatic carbocycles. The van der Waals surface area contributed by atoms with Gasteiger partial charge in [-0.2, -0.15) is 0 Å². The molecule has 1 aliphatic rings. The number of aromatic nitrogens is 3. The molecule has 10 heteroatoms. The van der Waals surface area contributed by atoms with Gasteiger partial charge < -0.3 is 15.2 Å². The lowest BCUT2D eigenvalue weighted by molar-refractivity contribution is 0.0958. The number of carbonyl (C=O) groups is 1. The number of hydrogen-bond acceptors (Lipinski definition) is 6. The molecule has 3 aromatic rings. The second-order valence-corrected chi connectivity index (χ2v) is 8.44. The maximum absolute atomic E-state index is 14.7. The highest BCUT2D eigenvalue weighted by Gasteiger charge is 2.26. The first-order valence-corrected chi connectivity index (χ1v) is 10.8. The number of carbonyl (C=O) groups excluding carboxylic acids is 1. The van der Waals surface area contributed by atoms with Crippen molar-refractivity contribution in [1.82, 2.24) is 24.8 Å². The zero-order valence-electron chi connectivity index (χ0n) is 19.1. The highest BCUT2D eigenvalue weighted by atomic mass is 19.1. The Hall–Kier alpha value is -3.53. The number of rotatable bonds is 4. The molecule has 0 saturated carbocycles. The number of nitrogens with one attached hydrogen (secondary N) is 2. The van der Waals surface area contributed by atoms with Crippen molar-refractivity contribution < 1.29 is 9.18 Å². The summed E-state index contributed by atoms with van der Waals surface area (Å²) in [6.07, 6.45) is 0. The van der Waals surface area contributed by atoms with Gasteiger partial charge in [-0.25, -0.2) is 14.2 Å². The van der Waals surface area contributed by atoms with E-state index < -0.39 is 17.1 Å². The van der Waals surface area contributed by atoms with Gasteiger partial charge in [-0.15, -0.1) is 0 Å². The van der Waals surface area contributed by atoms with Crippen LogP contribution in [0.25, 0.3) is 10.9 Å². The minimum atomic E-state index is -0.647. The number of aryl methyl sites for hydroxylation is 1. The molecule has 1 unspecified atom stereocenters. The summed E-state index contributed by atoms with van der Waals surface area (Å²) in [6.45, 7) is 6.72. The monoisotopic (exact) mass is 454 g/mol. The SMILES string of the molecule is CNC(=O)c1ccc(N2CCN(Cc3cc(F)c4c(=O)n(C)c(=O)[nH]c4c3)C(C)C2)c(C)n1. The van der Waals surface area contributed by atoms with Crippen LogP contribution in [0.2, 0.25) is 0 Å². The number of aromatic amines is 1. The van der Waals surface area contributed by atoms with Crippen LogP contribution in [-0.4, -0.2) is 58.1 Å². The maximum Gasteiger partial charge on any atom is 0.328 e. The quantitative estimate of drug-likeness (QED) is 0.613. The fraction of sp³-hybridized carbons (Fsp3) is 0.391. The van der Waals surface area contributed by atoms with Crippen molar-refractivity contribution in [2.45, 2.75) is 26.4 Å². The average molecular weight is 455 g/mol. The Bertz CT molecular complexity index is 1350. The molecule has 1 amide bonds. The largest absolute Gasteiger partial charge is 0.367 e. The van der Waals surface area contributed by atoms with Gasteiger partial charge in [0, 0.05) is 46.3 Å². The van der Waals surface area contributed by atoms with E-state index in [-0.39, 0.29) is 22.9 Å². The first-order valence-electron chi connectivity index (χ1n) is 10.8. The summed E-state index contributed by atoms with van der Waals surface area (Å²) in [7, 11) is 2.89. The number of anilines is 1. The van der Waals surface area contributed by atoms with E-state index in [1.54, 1.807) is 19.2 Å². The van der Waals surface area contributed by atoms with Gasteiger partial charge in [-0.1, -0.05) is 0 Å². The number of hydrogen-bond donors (Lipinski definition) is 2. The highest BCUT2D eigenvalue weighted by molar-refractivity contribution is 5.92. The van der Waals surface area contributed by atoms with Gasteiger partial charge >= 0.3 is 5.69 Å². The molecule has 1 fully saturated rings. The number of halogens is 1. The predicted octanol–water partition coefficient (Wildman–Crippen LogP) is 1.14. The lowest BCUT2D eigenvalue weighted by Gasteiger charge is -2.41. The van der Waals surface area contributed by atoms with E-state index >= 15 is 0 Å². The third-order valence-electron chi connectivity index (χ3n) is 6.22. The fourth-order valence-corrected chi connectivity index (χ4v) is 4.35. The predicted molar refractivity (Wildman–Crippen MR) is 124 cm³/mol. The van der Waals surface area contributed by atoms with Crippen LogP contribution in [0, 0.1) is 12.7 Å². The summed E-state index contributed by atoms with van der Waals surface area (Å²) in [5.41, 5.74) is 1.85. The van der Waals surface area contributed by atoms with Crippen molar-refractivity contribution >= 4 is 22.5 Å². The van der Waals surface area contributed by atoms with E-state index in [0.29, 0.717) is 17.8 Å². The van der Waals surface area contributed by atoms with E-state index in [1.165, 1.54) is 13.1 Å². The van der Waals surface area contributed by atoms with E-state index in [4.69, 9.17) is 0 Å². The standard InChI is InChI=1S/C23H27FN6O3/c1-13-11-30(19-6-5-17(21(31)25-3)26-14(19)2)8-7-29(13)12-15-9-16(24)20-18(10-15)27-23(33)28(4)22(20)32/h5-6,9-10,13H,7-8,11-12H2,1-4H3,(H,25,31)(H,27,33). The van der Waals surface area contributed by atoms with Gasteiger partial charge in [-0.05, 0) is 43.7 Å². The second-order valence-electron chi connectivity index (χ2n) is 8.44. The molecule has 1 saturated heterocycles. The van der Waals surface area contributed by atoms with Crippen LogP contribution < -0.4 is 21.5 Å². The molecule has 0 bridgehead atoms. The van der Waals surface area contributed by atoms with Crippen LogP contribution in [0.4, 0.5) is 10.1 Å². The highest BCUT2D eigenvalue weighted by Crippen LogP contribution is 2.24. The molecule has 2 N–H and O–H groups in total. The van der Waals surface area contributed by atoms with Crippen molar-refractivity contribution in [3.8, 4) is 0 Å². The van der Waals surface area contributed by atoms with Crippen LogP contribution in [0.15, 0.2) is 33.9 Å². The van der Waals surface area contributed by atoms with Gasteiger partial charge in [-0.3, -0.25) is 19.1 Å². The molecule has 2 aromatic heterocycles. The van der Waals surface area contributed by atoms with E-state index in [2.05, 4.69) is 32.0 Å². The van der Waals surface area contributed by atoms with Crippen molar-refractivity contribution in [3.05, 3.63) is 67.9 Å². The average Bonchev–Trinajstić information content (AvgIpc) is 2.78. The molecule has 1 aliphatic heterocycles. The Labute approximate surface area is 189 Å². The Morgan fingerprint density at radius 1 is 1.27 bits per heavy atom. The van der Waals surface area contributed by atoms with Crippen LogP contribution in [0.3, 0.4) is 0 Å². The summed E-state index contributed by atoms with van der Waals surface area (Å²) >= 11 is 0. The summed E-state index contributed by atoms with van der Waals surface area (Å²) in [6, 6.07) is 6.85. The molecule has 9 nitrogen and oxygen atoms in total. The Kier molecular flexibility index (Phi) is 6.03. The summed E-state index contributed by atoms with van der Waals surface area (Å²) in [5, 5.41) is 2.47. The molecular weight excluding hydrogens is 427 g/mol. The lowest BCUT2D eigenvalue weighted by atomic mass is 10.1. The lowest BCUT2D eigenvalue weighted by Crippen LogP contribution is -2.51. The fourth-order valence-electron chi connectivity index (χ4n) is 4.35. The maximum atomic E-state index is 14.7. The number of piperazine rings is 1. The molecule has 3 heterocycles. The Balaban J connectivity index is 1.52. The number of nitrogens with zero attached hydrogens (tertiary/aromatic N) is 4. The zero-order valence-corrected chi connectivity index (χ0v) is 19.1. The zero-order chi connectivity index (χ0) is 23.9. The van der Waals surface area contributed by atoms with Gasteiger partial charge in [0.05, 0.1) is 22.3 Å². The van der Waals surface area contributed by atoms with Gasteiger partial charge in [0.1, 0.15) is 11.5 Å². The number of fused-ring (bicyclic) bond motifs is 1. The normalized spacial score (nSPS) is 16.9. The van der Waals surface area contributed by atoms with Crippen LogP contribution in [0.5, 0.6) is 0 Å². The van der Waals surface area contributed by atoms with Crippen molar-refractivity contribution in [2.75, 3.05) is 31.6 Å². The first kappa shape index (κ1) is 22.7. The molecule has 0 radical (unpaired) electrons. The topological polar surface area (TPSA) is 103 Å². The molecule has 1 atom stereocenters. The number of pyridine rings is 1. The minimum absolute atomic E-state index is 0.109. The van der Waals surface area contributed by atoms with Crippen LogP contribution in [0.1, 0.15) is 28.7 Å². The number of amides is 1. The first-order chi connectivity index (χ1) is 15.7. The summed E-state index contributed by atoms with van der Waals surface area (Å²) < 4.78 is 15.6. The van der Waals surface area contributed by atoms with Crippen molar-refractivity contribution in [3.63, 3.8) is 0 Å².